The van der Waals surface area contributed by atoms with Crippen LogP contribution in [-0.2, 0) is 23.1 Å². The van der Waals surface area contributed by atoms with Crippen molar-refractivity contribution >= 4 is 11.8 Å². The third-order valence-corrected chi connectivity index (χ3v) is 3.88. The number of aromatic nitrogens is 2. The van der Waals surface area contributed by atoms with Gasteiger partial charge in [0.25, 0.3) is 5.91 Å². The van der Waals surface area contributed by atoms with Gasteiger partial charge in [0, 0.05) is 31.4 Å². The zero-order valence-corrected chi connectivity index (χ0v) is 14.8. The summed E-state index contributed by atoms with van der Waals surface area (Å²) in [6, 6.07) is 9.14. The molecule has 2 aromatic rings. The molecule has 0 spiro atoms. The van der Waals surface area contributed by atoms with E-state index < -0.39 is 0 Å². The Kier molecular flexibility index (Phi) is 6.56. The molecule has 0 aliphatic heterocycles. The number of carbonyl (C=O) groups is 2. The Morgan fingerprint density at radius 1 is 1.08 bits per heavy atom. The number of aryl methyl sites for hydroxylation is 2. The second kappa shape index (κ2) is 8.86. The van der Waals surface area contributed by atoms with Crippen LogP contribution in [0, 0.1) is 13.8 Å². The summed E-state index contributed by atoms with van der Waals surface area (Å²) < 4.78 is 7.11. The molecular formula is C18H24N4O3. The Labute approximate surface area is 147 Å². The molecule has 0 saturated carbocycles. The van der Waals surface area contributed by atoms with E-state index >= 15 is 0 Å². The van der Waals surface area contributed by atoms with Crippen LogP contribution < -0.4 is 15.4 Å². The van der Waals surface area contributed by atoms with Crippen molar-refractivity contribution in [2.75, 3.05) is 19.7 Å². The SMILES string of the molecule is Cc1nn(C)c(C)c1CC(=O)NCCNC(=O)COc1ccccc1. The molecular weight excluding hydrogens is 320 g/mol. The number of amides is 2. The van der Waals surface area contributed by atoms with Crippen LogP contribution in [-0.4, -0.2) is 41.3 Å². The van der Waals surface area contributed by atoms with Crippen molar-refractivity contribution in [2.45, 2.75) is 20.3 Å². The second-order valence-corrected chi connectivity index (χ2v) is 5.75. The van der Waals surface area contributed by atoms with E-state index in [9.17, 15) is 9.59 Å². The predicted octanol–water partition coefficient (Wildman–Crippen LogP) is 0.891. The lowest BCUT2D eigenvalue weighted by Gasteiger charge is -2.08. The van der Waals surface area contributed by atoms with Gasteiger partial charge in [-0.1, -0.05) is 18.2 Å². The maximum absolute atomic E-state index is 12.0. The molecule has 0 radical (unpaired) electrons. The molecule has 0 unspecified atom stereocenters. The molecule has 2 rings (SSSR count). The highest BCUT2D eigenvalue weighted by molar-refractivity contribution is 5.79. The van der Waals surface area contributed by atoms with Gasteiger partial charge in [-0.15, -0.1) is 0 Å². The third-order valence-electron chi connectivity index (χ3n) is 3.88. The Morgan fingerprint density at radius 3 is 2.32 bits per heavy atom. The summed E-state index contributed by atoms with van der Waals surface area (Å²) in [6.07, 6.45) is 0.288. The van der Waals surface area contributed by atoms with E-state index in [0.717, 1.165) is 17.0 Å². The quantitative estimate of drug-likeness (QED) is 0.697. The van der Waals surface area contributed by atoms with Crippen molar-refractivity contribution in [1.82, 2.24) is 20.4 Å². The van der Waals surface area contributed by atoms with Crippen LogP contribution in [0.5, 0.6) is 5.75 Å². The van der Waals surface area contributed by atoms with Crippen molar-refractivity contribution in [3.05, 3.63) is 47.3 Å². The van der Waals surface area contributed by atoms with E-state index in [1.165, 1.54) is 0 Å². The molecule has 1 heterocycles. The fourth-order valence-corrected chi connectivity index (χ4v) is 2.42. The highest BCUT2D eigenvalue weighted by Crippen LogP contribution is 2.12. The minimum absolute atomic E-state index is 0.0496. The number of hydrogen-bond donors (Lipinski definition) is 2. The lowest BCUT2D eigenvalue weighted by atomic mass is 10.1. The summed E-state index contributed by atoms with van der Waals surface area (Å²) in [5.74, 6) is 0.333. The monoisotopic (exact) mass is 344 g/mol. The van der Waals surface area contributed by atoms with Crippen molar-refractivity contribution in [1.29, 1.82) is 0 Å². The average molecular weight is 344 g/mol. The molecule has 1 aromatic heterocycles. The van der Waals surface area contributed by atoms with E-state index in [4.69, 9.17) is 4.74 Å². The summed E-state index contributed by atoms with van der Waals surface area (Å²) in [6.45, 7) is 4.51. The largest absolute Gasteiger partial charge is 0.484 e. The standard InChI is InChI=1S/C18H24N4O3/c1-13-16(14(2)22(3)21-13)11-17(23)19-9-10-20-18(24)12-25-15-7-5-4-6-8-15/h4-8H,9-12H2,1-3H3,(H,19,23)(H,20,24). The van der Waals surface area contributed by atoms with Gasteiger partial charge in [0.05, 0.1) is 12.1 Å². The normalized spacial score (nSPS) is 10.4. The van der Waals surface area contributed by atoms with Gasteiger partial charge in [-0.3, -0.25) is 14.3 Å². The van der Waals surface area contributed by atoms with E-state index in [1.807, 2.05) is 39.1 Å². The van der Waals surface area contributed by atoms with Crippen molar-refractivity contribution in [3.8, 4) is 5.75 Å². The molecule has 2 amide bonds. The summed E-state index contributed by atoms with van der Waals surface area (Å²) in [5, 5.41) is 9.79. The van der Waals surface area contributed by atoms with Gasteiger partial charge in [0.15, 0.2) is 6.61 Å². The third kappa shape index (κ3) is 5.63. The summed E-state index contributed by atoms with van der Waals surface area (Å²) in [5.41, 5.74) is 2.79. The Morgan fingerprint density at radius 2 is 1.72 bits per heavy atom. The molecule has 0 saturated heterocycles. The van der Waals surface area contributed by atoms with E-state index in [0.29, 0.717) is 18.8 Å². The van der Waals surface area contributed by atoms with Gasteiger partial charge in [0.2, 0.25) is 5.91 Å². The molecule has 1 aromatic carbocycles. The minimum atomic E-state index is -0.225. The Bertz CT molecular complexity index is 725. The highest BCUT2D eigenvalue weighted by Gasteiger charge is 2.13. The number of nitrogens with zero attached hydrogens (tertiary/aromatic N) is 2. The molecule has 0 bridgehead atoms. The zero-order valence-electron chi connectivity index (χ0n) is 14.8. The van der Waals surface area contributed by atoms with Crippen molar-refractivity contribution in [2.24, 2.45) is 7.05 Å². The molecule has 0 fully saturated rings. The number of nitrogens with one attached hydrogen (secondary N) is 2. The van der Waals surface area contributed by atoms with Crippen LogP contribution in [0.25, 0.3) is 0 Å². The van der Waals surface area contributed by atoms with Crippen LogP contribution >= 0.6 is 0 Å². The first-order valence-electron chi connectivity index (χ1n) is 8.17. The van der Waals surface area contributed by atoms with Gasteiger partial charge in [-0.25, -0.2) is 0 Å². The summed E-state index contributed by atoms with van der Waals surface area (Å²) in [4.78, 5) is 23.7. The zero-order chi connectivity index (χ0) is 18.2. The van der Waals surface area contributed by atoms with Gasteiger partial charge >= 0.3 is 0 Å². The molecule has 2 N–H and O–H groups in total. The average Bonchev–Trinajstić information content (AvgIpc) is 2.84. The Balaban J connectivity index is 1.63. The van der Waals surface area contributed by atoms with Crippen LogP contribution in [0.3, 0.4) is 0 Å². The first-order valence-corrected chi connectivity index (χ1v) is 8.17. The van der Waals surface area contributed by atoms with Crippen molar-refractivity contribution in [3.63, 3.8) is 0 Å². The second-order valence-electron chi connectivity index (χ2n) is 5.75. The maximum atomic E-state index is 12.0. The van der Waals surface area contributed by atoms with Crippen LogP contribution in [0.15, 0.2) is 30.3 Å². The lowest BCUT2D eigenvalue weighted by molar-refractivity contribution is -0.124. The van der Waals surface area contributed by atoms with Crippen LogP contribution in [0.1, 0.15) is 17.0 Å². The number of para-hydroxylation sites is 1. The van der Waals surface area contributed by atoms with E-state index in [2.05, 4.69) is 15.7 Å². The molecule has 0 aliphatic rings. The number of rotatable bonds is 8. The van der Waals surface area contributed by atoms with Crippen LogP contribution in [0.4, 0.5) is 0 Å². The first-order chi connectivity index (χ1) is 12.0. The van der Waals surface area contributed by atoms with Crippen LogP contribution in [0.2, 0.25) is 0 Å². The van der Waals surface area contributed by atoms with Crippen molar-refractivity contribution < 1.29 is 14.3 Å². The molecule has 7 nitrogen and oxygen atoms in total. The summed E-state index contributed by atoms with van der Waals surface area (Å²) >= 11 is 0. The van der Waals surface area contributed by atoms with Gasteiger partial charge in [0.1, 0.15) is 5.75 Å². The number of benzene rings is 1. The fourth-order valence-electron chi connectivity index (χ4n) is 2.42. The van der Waals surface area contributed by atoms with Gasteiger partial charge in [-0.05, 0) is 26.0 Å². The fraction of sp³-hybridized carbons (Fsp3) is 0.389. The number of hydrogen-bond acceptors (Lipinski definition) is 4. The summed E-state index contributed by atoms with van der Waals surface area (Å²) in [7, 11) is 1.86. The van der Waals surface area contributed by atoms with Gasteiger partial charge < -0.3 is 15.4 Å². The van der Waals surface area contributed by atoms with Gasteiger partial charge in [-0.2, -0.15) is 5.10 Å². The minimum Gasteiger partial charge on any atom is -0.484 e. The highest BCUT2D eigenvalue weighted by atomic mass is 16.5. The molecule has 25 heavy (non-hydrogen) atoms. The molecule has 7 heteroatoms. The number of carbonyl (C=O) groups excluding carboxylic acids is 2. The topological polar surface area (TPSA) is 85.3 Å². The smallest absolute Gasteiger partial charge is 0.258 e. The Hall–Kier alpha value is -2.83. The molecule has 0 aliphatic carbocycles. The molecule has 134 valence electrons. The predicted molar refractivity (Wildman–Crippen MR) is 94.3 cm³/mol. The van der Waals surface area contributed by atoms with E-state index in [-0.39, 0.29) is 24.8 Å². The van der Waals surface area contributed by atoms with E-state index in [1.54, 1.807) is 16.8 Å². The lowest BCUT2D eigenvalue weighted by Crippen LogP contribution is -2.37. The maximum Gasteiger partial charge on any atom is 0.258 e. The molecule has 0 atom stereocenters. The number of ether oxygens (including phenoxy) is 1. The first kappa shape index (κ1) is 18.5.